The molecular weight excluding hydrogens is 363 g/mol. The third kappa shape index (κ3) is 6.46. The molecule has 9 heteroatoms. The van der Waals surface area contributed by atoms with Crippen LogP contribution in [0.25, 0.3) is 6.08 Å². The van der Waals surface area contributed by atoms with Crippen LogP contribution in [-0.2, 0) is 11.0 Å². The third-order valence-corrected chi connectivity index (χ3v) is 3.47. The SMILES string of the molecule is O=C(/C=C/c1cccc(C(F)(F)F)c1)NCCNc1ccc([N+](=O)[O-])cc1. The summed E-state index contributed by atoms with van der Waals surface area (Å²) in [5, 5.41) is 16.1. The molecule has 0 saturated heterocycles. The number of anilines is 1. The number of rotatable bonds is 7. The Hall–Kier alpha value is -3.36. The van der Waals surface area contributed by atoms with Crippen molar-refractivity contribution in [3.8, 4) is 0 Å². The second kappa shape index (κ2) is 8.84. The van der Waals surface area contributed by atoms with Gasteiger partial charge in [0, 0.05) is 37.0 Å². The van der Waals surface area contributed by atoms with Gasteiger partial charge in [-0.2, -0.15) is 13.2 Å². The lowest BCUT2D eigenvalue weighted by Crippen LogP contribution is -2.27. The molecule has 27 heavy (non-hydrogen) atoms. The number of nitrogens with zero attached hydrogens (tertiary/aromatic N) is 1. The number of carbonyl (C=O) groups is 1. The Morgan fingerprint density at radius 1 is 1.11 bits per heavy atom. The quantitative estimate of drug-likeness (QED) is 0.331. The summed E-state index contributed by atoms with van der Waals surface area (Å²) in [7, 11) is 0. The van der Waals surface area contributed by atoms with Crippen LogP contribution < -0.4 is 10.6 Å². The minimum Gasteiger partial charge on any atom is -0.383 e. The fourth-order valence-electron chi connectivity index (χ4n) is 2.14. The normalized spacial score (nSPS) is 11.4. The lowest BCUT2D eigenvalue weighted by molar-refractivity contribution is -0.384. The molecule has 0 aliphatic heterocycles. The summed E-state index contributed by atoms with van der Waals surface area (Å²) in [6.45, 7) is 0.643. The van der Waals surface area contributed by atoms with Crippen LogP contribution in [0, 0.1) is 10.1 Å². The molecule has 0 aliphatic carbocycles. The summed E-state index contributed by atoms with van der Waals surface area (Å²) in [6.07, 6.45) is -1.98. The number of carbonyl (C=O) groups excluding carboxylic acids is 1. The van der Waals surface area contributed by atoms with Gasteiger partial charge < -0.3 is 10.6 Å². The van der Waals surface area contributed by atoms with Crippen molar-refractivity contribution in [1.82, 2.24) is 5.32 Å². The summed E-state index contributed by atoms with van der Waals surface area (Å²) in [4.78, 5) is 21.8. The van der Waals surface area contributed by atoms with Crippen molar-refractivity contribution < 1.29 is 22.9 Å². The Labute approximate surface area is 152 Å². The zero-order valence-corrected chi connectivity index (χ0v) is 14.0. The van der Waals surface area contributed by atoms with Crippen molar-refractivity contribution in [2.45, 2.75) is 6.18 Å². The van der Waals surface area contributed by atoms with Crippen molar-refractivity contribution in [1.29, 1.82) is 0 Å². The molecule has 142 valence electrons. The van der Waals surface area contributed by atoms with Crippen LogP contribution in [-0.4, -0.2) is 23.9 Å². The van der Waals surface area contributed by atoms with Crippen LogP contribution >= 0.6 is 0 Å². The number of hydrogen-bond donors (Lipinski definition) is 2. The Balaban J connectivity index is 1.77. The van der Waals surface area contributed by atoms with Crippen LogP contribution in [0.5, 0.6) is 0 Å². The molecule has 0 aliphatic rings. The molecule has 6 nitrogen and oxygen atoms in total. The van der Waals surface area contributed by atoms with Crippen molar-refractivity contribution in [2.24, 2.45) is 0 Å². The molecule has 1 amide bonds. The maximum absolute atomic E-state index is 12.6. The highest BCUT2D eigenvalue weighted by molar-refractivity contribution is 5.91. The molecule has 2 rings (SSSR count). The number of non-ortho nitro benzene ring substituents is 1. The number of alkyl halides is 3. The van der Waals surface area contributed by atoms with E-state index in [1.54, 1.807) is 12.1 Å². The number of amides is 1. The number of nitro groups is 1. The zero-order valence-electron chi connectivity index (χ0n) is 14.0. The van der Waals surface area contributed by atoms with Gasteiger partial charge in [0.2, 0.25) is 5.91 Å². The van der Waals surface area contributed by atoms with E-state index in [-0.39, 0.29) is 17.8 Å². The predicted molar refractivity (Wildman–Crippen MR) is 95.1 cm³/mol. The van der Waals surface area contributed by atoms with Gasteiger partial charge in [0.1, 0.15) is 0 Å². The molecule has 0 aromatic heterocycles. The zero-order chi connectivity index (χ0) is 19.9. The standard InChI is InChI=1S/C18H16F3N3O3/c19-18(20,21)14-3-1-2-13(12-14)4-9-17(25)23-11-10-22-15-5-7-16(8-6-15)24(26)27/h1-9,12,22H,10-11H2,(H,23,25)/b9-4+. The number of benzene rings is 2. The molecule has 0 fully saturated rings. The summed E-state index contributed by atoms with van der Waals surface area (Å²) in [6, 6.07) is 10.5. The highest BCUT2D eigenvalue weighted by Crippen LogP contribution is 2.29. The van der Waals surface area contributed by atoms with Gasteiger partial charge in [0.15, 0.2) is 0 Å². The van der Waals surface area contributed by atoms with Gasteiger partial charge in [0.05, 0.1) is 10.5 Å². The minimum absolute atomic E-state index is 0.0198. The van der Waals surface area contributed by atoms with E-state index < -0.39 is 22.6 Å². The Morgan fingerprint density at radius 2 is 1.81 bits per heavy atom. The molecule has 0 heterocycles. The smallest absolute Gasteiger partial charge is 0.383 e. The first-order valence-electron chi connectivity index (χ1n) is 7.87. The minimum atomic E-state index is -4.43. The molecule has 2 N–H and O–H groups in total. The third-order valence-electron chi connectivity index (χ3n) is 3.47. The van der Waals surface area contributed by atoms with Gasteiger partial charge in [-0.15, -0.1) is 0 Å². The summed E-state index contributed by atoms with van der Waals surface area (Å²) >= 11 is 0. The predicted octanol–water partition coefficient (Wildman–Crippen LogP) is 3.86. The van der Waals surface area contributed by atoms with Gasteiger partial charge in [0.25, 0.3) is 5.69 Å². The first-order valence-corrected chi connectivity index (χ1v) is 7.87. The van der Waals surface area contributed by atoms with E-state index in [4.69, 9.17) is 0 Å². The van der Waals surface area contributed by atoms with Crippen molar-refractivity contribution >= 4 is 23.4 Å². The van der Waals surface area contributed by atoms with E-state index in [1.165, 1.54) is 30.3 Å². The number of nitrogens with one attached hydrogen (secondary N) is 2. The van der Waals surface area contributed by atoms with E-state index in [0.29, 0.717) is 12.2 Å². The van der Waals surface area contributed by atoms with Crippen LogP contribution in [0.1, 0.15) is 11.1 Å². The first-order chi connectivity index (χ1) is 12.8. The number of hydrogen-bond acceptors (Lipinski definition) is 4. The molecule has 0 radical (unpaired) electrons. The lowest BCUT2D eigenvalue weighted by atomic mass is 10.1. The van der Waals surface area contributed by atoms with E-state index in [1.807, 2.05) is 0 Å². The fourth-order valence-corrected chi connectivity index (χ4v) is 2.14. The number of halogens is 3. The average Bonchev–Trinajstić information content (AvgIpc) is 2.63. The Bertz CT molecular complexity index is 834. The van der Waals surface area contributed by atoms with Crippen LogP contribution in [0.4, 0.5) is 24.5 Å². The van der Waals surface area contributed by atoms with E-state index in [2.05, 4.69) is 10.6 Å². The maximum atomic E-state index is 12.6. The highest BCUT2D eigenvalue weighted by atomic mass is 19.4. The Morgan fingerprint density at radius 3 is 2.44 bits per heavy atom. The average molecular weight is 379 g/mol. The first kappa shape index (κ1) is 20.0. The molecule has 2 aromatic carbocycles. The summed E-state index contributed by atoms with van der Waals surface area (Å²) in [5.41, 5.74) is 0.129. The summed E-state index contributed by atoms with van der Waals surface area (Å²) < 4.78 is 37.9. The number of nitro benzene ring substituents is 1. The molecule has 0 bridgehead atoms. The Kier molecular flexibility index (Phi) is 6.53. The maximum Gasteiger partial charge on any atom is 0.416 e. The van der Waals surface area contributed by atoms with Crippen molar-refractivity contribution in [2.75, 3.05) is 18.4 Å². The van der Waals surface area contributed by atoms with E-state index in [0.717, 1.165) is 18.2 Å². The van der Waals surface area contributed by atoms with Crippen molar-refractivity contribution in [3.63, 3.8) is 0 Å². The molecule has 0 spiro atoms. The highest BCUT2D eigenvalue weighted by Gasteiger charge is 2.30. The molecular formula is C18H16F3N3O3. The van der Waals surface area contributed by atoms with Crippen LogP contribution in [0.2, 0.25) is 0 Å². The van der Waals surface area contributed by atoms with Gasteiger partial charge in [-0.3, -0.25) is 14.9 Å². The largest absolute Gasteiger partial charge is 0.416 e. The lowest BCUT2D eigenvalue weighted by Gasteiger charge is -2.07. The topological polar surface area (TPSA) is 84.3 Å². The molecule has 0 atom stereocenters. The summed E-state index contributed by atoms with van der Waals surface area (Å²) in [5.74, 6) is -0.446. The van der Waals surface area contributed by atoms with Crippen LogP contribution in [0.15, 0.2) is 54.6 Å². The van der Waals surface area contributed by atoms with Crippen molar-refractivity contribution in [3.05, 3.63) is 75.8 Å². The van der Waals surface area contributed by atoms with E-state index >= 15 is 0 Å². The van der Waals surface area contributed by atoms with Gasteiger partial charge >= 0.3 is 6.18 Å². The fraction of sp³-hybridized carbons (Fsp3) is 0.167. The second-order valence-electron chi connectivity index (χ2n) is 5.48. The van der Waals surface area contributed by atoms with E-state index in [9.17, 15) is 28.1 Å². The van der Waals surface area contributed by atoms with Crippen LogP contribution in [0.3, 0.4) is 0 Å². The molecule has 0 saturated carbocycles. The monoisotopic (exact) mass is 379 g/mol. The molecule has 2 aromatic rings. The second-order valence-corrected chi connectivity index (χ2v) is 5.48. The van der Waals surface area contributed by atoms with Gasteiger partial charge in [-0.25, -0.2) is 0 Å². The van der Waals surface area contributed by atoms with Gasteiger partial charge in [-0.1, -0.05) is 12.1 Å². The van der Waals surface area contributed by atoms with Gasteiger partial charge in [-0.05, 0) is 35.9 Å². The molecule has 0 unspecified atom stereocenters.